The van der Waals surface area contributed by atoms with Crippen LogP contribution in [0.5, 0.6) is 0 Å². The van der Waals surface area contributed by atoms with Gasteiger partial charge in [-0.1, -0.05) is 5.92 Å². The second-order valence-electron chi connectivity index (χ2n) is 2.75. The third-order valence-electron chi connectivity index (χ3n) is 1.57. The van der Waals surface area contributed by atoms with Crippen molar-refractivity contribution in [2.45, 2.75) is 6.92 Å². The van der Waals surface area contributed by atoms with Crippen molar-refractivity contribution >= 4 is 11.7 Å². The molecule has 72 valence electrons. The van der Waals surface area contributed by atoms with Crippen LogP contribution in [0.2, 0.25) is 0 Å². The lowest BCUT2D eigenvalue weighted by atomic mass is 10.2. The van der Waals surface area contributed by atoms with Crippen LogP contribution in [-0.2, 0) is 0 Å². The summed E-state index contributed by atoms with van der Waals surface area (Å²) in [4.78, 5) is 14.5. The van der Waals surface area contributed by atoms with E-state index >= 15 is 0 Å². The molecule has 0 aliphatic carbocycles. The van der Waals surface area contributed by atoms with Gasteiger partial charge < -0.3 is 10.4 Å². The zero-order valence-corrected chi connectivity index (χ0v) is 7.74. The van der Waals surface area contributed by atoms with E-state index in [-0.39, 0.29) is 5.69 Å². The number of nitrogens with zero attached hydrogens (tertiary/aromatic N) is 1. The fourth-order valence-corrected chi connectivity index (χ4v) is 1.03. The highest BCUT2D eigenvalue weighted by molar-refractivity contribution is 5.86. The molecule has 0 saturated carbocycles. The van der Waals surface area contributed by atoms with Crippen LogP contribution < -0.4 is 5.32 Å². The molecule has 1 aromatic heterocycles. The molecule has 0 bridgehead atoms. The topological polar surface area (TPSA) is 62.2 Å². The summed E-state index contributed by atoms with van der Waals surface area (Å²) >= 11 is 0. The number of rotatable bonds is 3. The fraction of sp³-hybridized carbons (Fsp3) is 0.200. The number of aromatic nitrogens is 1. The van der Waals surface area contributed by atoms with Crippen LogP contribution in [0.15, 0.2) is 12.1 Å². The molecule has 0 aromatic carbocycles. The average molecular weight is 190 g/mol. The van der Waals surface area contributed by atoms with Gasteiger partial charge in [0.15, 0.2) is 5.69 Å². The maximum absolute atomic E-state index is 10.6. The Hall–Kier alpha value is -2.02. The van der Waals surface area contributed by atoms with Crippen molar-refractivity contribution in [1.82, 2.24) is 4.98 Å². The van der Waals surface area contributed by atoms with Crippen molar-refractivity contribution in [3.63, 3.8) is 0 Å². The lowest BCUT2D eigenvalue weighted by Gasteiger charge is -2.04. The number of aromatic carboxylic acids is 1. The van der Waals surface area contributed by atoms with Crippen LogP contribution in [0.1, 0.15) is 16.2 Å². The van der Waals surface area contributed by atoms with Gasteiger partial charge in [0, 0.05) is 11.4 Å². The molecule has 14 heavy (non-hydrogen) atoms. The maximum Gasteiger partial charge on any atom is 0.354 e. The fourth-order valence-electron chi connectivity index (χ4n) is 1.03. The van der Waals surface area contributed by atoms with E-state index in [1.54, 1.807) is 13.0 Å². The Balaban J connectivity index is 2.96. The summed E-state index contributed by atoms with van der Waals surface area (Å²) in [7, 11) is 0. The summed E-state index contributed by atoms with van der Waals surface area (Å²) in [5.74, 6) is 1.36. The van der Waals surface area contributed by atoms with E-state index < -0.39 is 5.97 Å². The third-order valence-corrected chi connectivity index (χ3v) is 1.57. The van der Waals surface area contributed by atoms with Gasteiger partial charge in [-0.3, -0.25) is 0 Å². The molecule has 0 saturated heterocycles. The van der Waals surface area contributed by atoms with Gasteiger partial charge in [0.1, 0.15) is 0 Å². The van der Waals surface area contributed by atoms with Crippen molar-refractivity contribution < 1.29 is 9.90 Å². The van der Waals surface area contributed by atoms with Gasteiger partial charge in [-0.15, -0.1) is 6.42 Å². The quantitative estimate of drug-likeness (QED) is 0.701. The monoisotopic (exact) mass is 190 g/mol. The van der Waals surface area contributed by atoms with Crippen LogP contribution in [0, 0.1) is 19.3 Å². The molecule has 4 nitrogen and oxygen atoms in total. The molecule has 1 aromatic rings. The molecular formula is C10H10N2O2. The lowest BCUT2D eigenvalue weighted by molar-refractivity contribution is 0.0690. The molecule has 0 atom stereocenters. The highest BCUT2D eigenvalue weighted by Gasteiger charge is 2.06. The normalized spacial score (nSPS) is 9.14. The second-order valence-corrected chi connectivity index (χ2v) is 2.75. The Bertz CT molecular complexity index is 394. The standard InChI is InChI=1S/C10H10N2O2/c1-3-4-11-8-5-7(2)12-9(6-8)10(13)14/h1,5-6H,4H2,2H3,(H,11,12)(H,13,14). The number of carbonyl (C=O) groups is 1. The molecule has 1 heterocycles. The van der Waals surface area contributed by atoms with Crippen molar-refractivity contribution in [2.24, 2.45) is 0 Å². The van der Waals surface area contributed by atoms with Gasteiger partial charge in [-0.2, -0.15) is 0 Å². The first kappa shape index (κ1) is 10.1. The zero-order chi connectivity index (χ0) is 10.6. The molecule has 0 radical (unpaired) electrons. The molecule has 0 amide bonds. The number of carboxylic acid groups (broad SMARTS) is 1. The van der Waals surface area contributed by atoms with Crippen LogP contribution >= 0.6 is 0 Å². The third kappa shape index (κ3) is 2.49. The molecule has 2 N–H and O–H groups in total. The van der Waals surface area contributed by atoms with E-state index in [2.05, 4.69) is 16.2 Å². The Morgan fingerprint density at radius 3 is 3.00 bits per heavy atom. The number of hydrogen-bond donors (Lipinski definition) is 2. The summed E-state index contributed by atoms with van der Waals surface area (Å²) in [6.45, 7) is 2.09. The lowest BCUT2D eigenvalue weighted by Crippen LogP contribution is -2.05. The minimum absolute atomic E-state index is 0.0181. The minimum atomic E-state index is -1.04. The van der Waals surface area contributed by atoms with E-state index in [0.29, 0.717) is 17.9 Å². The Morgan fingerprint density at radius 1 is 1.71 bits per heavy atom. The van der Waals surface area contributed by atoms with Gasteiger partial charge in [0.25, 0.3) is 0 Å². The molecule has 0 aliphatic heterocycles. The van der Waals surface area contributed by atoms with Gasteiger partial charge in [-0.25, -0.2) is 9.78 Å². The van der Waals surface area contributed by atoms with Crippen molar-refractivity contribution in [3.8, 4) is 12.3 Å². The zero-order valence-electron chi connectivity index (χ0n) is 7.74. The minimum Gasteiger partial charge on any atom is -0.477 e. The first-order valence-corrected chi connectivity index (χ1v) is 4.03. The summed E-state index contributed by atoms with van der Waals surface area (Å²) in [5, 5.41) is 11.6. The Labute approximate surface area is 82.0 Å². The molecule has 1 rings (SSSR count). The predicted molar refractivity (Wildman–Crippen MR) is 53.3 cm³/mol. The van der Waals surface area contributed by atoms with Crippen molar-refractivity contribution in [2.75, 3.05) is 11.9 Å². The number of carboxylic acids is 1. The van der Waals surface area contributed by atoms with Gasteiger partial charge in [0.2, 0.25) is 0 Å². The van der Waals surface area contributed by atoms with Crippen LogP contribution in [0.3, 0.4) is 0 Å². The van der Waals surface area contributed by atoms with Gasteiger partial charge >= 0.3 is 5.97 Å². The number of pyridine rings is 1. The molecule has 0 unspecified atom stereocenters. The molecule has 4 heteroatoms. The smallest absolute Gasteiger partial charge is 0.354 e. The number of terminal acetylenes is 1. The second kappa shape index (κ2) is 4.28. The summed E-state index contributed by atoms with van der Waals surface area (Å²) in [5.41, 5.74) is 1.33. The molecule has 0 aliphatic rings. The number of hydrogen-bond acceptors (Lipinski definition) is 3. The van der Waals surface area contributed by atoms with E-state index in [1.165, 1.54) is 6.07 Å². The highest BCUT2D eigenvalue weighted by Crippen LogP contribution is 2.10. The number of anilines is 1. The molecular weight excluding hydrogens is 180 g/mol. The highest BCUT2D eigenvalue weighted by atomic mass is 16.4. The van der Waals surface area contributed by atoms with Gasteiger partial charge in [-0.05, 0) is 19.1 Å². The van der Waals surface area contributed by atoms with Crippen molar-refractivity contribution in [1.29, 1.82) is 0 Å². The van der Waals surface area contributed by atoms with Crippen LogP contribution in [0.4, 0.5) is 5.69 Å². The number of aryl methyl sites for hydroxylation is 1. The first-order chi connectivity index (χ1) is 6.63. The van der Waals surface area contributed by atoms with Crippen LogP contribution in [0.25, 0.3) is 0 Å². The molecule has 0 fully saturated rings. The summed E-state index contributed by atoms with van der Waals surface area (Å²) in [6.07, 6.45) is 5.07. The van der Waals surface area contributed by atoms with Crippen LogP contribution in [-0.4, -0.2) is 22.6 Å². The predicted octanol–water partition coefficient (Wildman–Crippen LogP) is 1.13. The summed E-state index contributed by atoms with van der Waals surface area (Å²) in [6, 6.07) is 3.19. The van der Waals surface area contributed by atoms with E-state index in [0.717, 1.165) is 0 Å². The first-order valence-electron chi connectivity index (χ1n) is 4.03. The van der Waals surface area contributed by atoms with Crippen molar-refractivity contribution in [3.05, 3.63) is 23.5 Å². The SMILES string of the molecule is C#CCNc1cc(C)nc(C(=O)O)c1. The Morgan fingerprint density at radius 2 is 2.43 bits per heavy atom. The van der Waals surface area contributed by atoms with Gasteiger partial charge in [0.05, 0.1) is 6.54 Å². The Kier molecular flexibility index (Phi) is 3.08. The van der Waals surface area contributed by atoms with E-state index in [1.807, 2.05) is 0 Å². The largest absolute Gasteiger partial charge is 0.477 e. The molecule has 0 spiro atoms. The van der Waals surface area contributed by atoms with E-state index in [9.17, 15) is 4.79 Å². The maximum atomic E-state index is 10.6. The average Bonchev–Trinajstić information content (AvgIpc) is 2.14. The summed E-state index contributed by atoms with van der Waals surface area (Å²) < 4.78 is 0. The number of nitrogens with one attached hydrogen (secondary N) is 1. The van der Waals surface area contributed by atoms with E-state index in [4.69, 9.17) is 11.5 Å².